The molecule has 1 aromatic carbocycles. The SMILES string of the molecule is CC(NC(=NCC(O)c1ccccc1F)NC1CC1)c1cccs1.I. The van der Waals surface area contributed by atoms with Gasteiger partial charge in [0.15, 0.2) is 5.96 Å². The van der Waals surface area contributed by atoms with Crippen LogP contribution >= 0.6 is 35.3 Å². The number of nitrogens with zero attached hydrogens (tertiary/aromatic N) is 1. The quantitative estimate of drug-likeness (QED) is 0.337. The lowest BCUT2D eigenvalue weighted by atomic mass is 10.1. The fourth-order valence-corrected chi connectivity index (χ4v) is 3.12. The van der Waals surface area contributed by atoms with E-state index in [-0.39, 0.29) is 42.1 Å². The fraction of sp³-hybridized carbons (Fsp3) is 0.389. The molecule has 1 saturated carbocycles. The van der Waals surface area contributed by atoms with Crippen LogP contribution in [0.25, 0.3) is 0 Å². The molecule has 0 saturated heterocycles. The first kappa shape index (κ1) is 20.1. The minimum atomic E-state index is -0.957. The normalized spacial score (nSPS) is 16.7. The van der Waals surface area contributed by atoms with Crippen LogP contribution in [0, 0.1) is 5.82 Å². The second kappa shape index (κ2) is 9.49. The summed E-state index contributed by atoms with van der Waals surface area (Å²) in [5, 5.41) is 19.0. The second-order valence-corrected chi connectivity index (χ2v) is 7.01. The van der Waals surface area contributed by atoms with E-state index in [2.05, 4.69) is 28.6 Å². The van der Waals surface area contributed by atoms with E-state index in [9.17, 15) is 9.50 Å². The zero-order chi connectivity index (χ0) is 16.9. The molecule has 7 heteroatoms. The maximum atomic E-state index is 13.7. The van der Waals surface area contributed by atoms with Crippen LogP contribution in [-0.4, -0.2) is 23.7 Å². The van der Waals surface area contributed by atoms with Crippen molar-refractivity contribution in [3.8, 4) is 0 Å². The van der Waals surface area contributed by atoms with E-state index in [4.69, 9.17) is 0 Å². The Morgan fingerprint density at radius 2 is 2.08 bits per heavy atom. The summed E-state index contributed by atoms with van der Waals surface area (Å²) in [7, 11) is 0. The van der Waals surface area contributed by atoms with Gasteiger partial charge in [0.1, 0.15) is 11.9 Å². The van der Waals surface area contributed by atoms with Crippen molar-refractivity contribution in [2.24, 2.45) is 4.99 Å². The van der Waals surface area contributed by atoms with Crippen molar-refractivity contribution >= 4 is 41.3 Å². The van der Waals surface area contributed by atoms with E-state index < -0.39 is 11.9 Å². The average molecular weight is 475 g/mol. The van der Waals surface area contributed by atoms with Gasteiger partial charge >= 0.3 is 0 Å². The minimum absolute atomic E-state index is 0. The number of aliphatic imine (C=N–C) groups is 1. The summed E-state index contributed by atoms with van der Waals surface area (Å²) < 4.78 is 13.7. The van der Waals surface area contributed by atoms with E-state index >= 15 is 0 Å². The molecule has 136 valence electrons. The molecule has 2 atom stereocenters. The number of benzene rings is 1. The van der Waals surface area contributed by atoms with Gasteiger partial charge in [0.2, 0.25) is 0 Å². The number of hydrogen-bond donors (Lipinski definition) is 3. The van der Waals surface area contributed by atoms with Crippen LogP contribution in [0.4, 0.5) is 4.39 Å². The molecule has 1 fully saturated rings. The summed E-state index contributed by atoms with van der Waals surface area (Å²) in [5.41, 5.74) is 0.276. The van der Waals surface area contributed by atoms with Gasteiger partial charge in [-0.25, -0.2) is 4.39 Å². The summed E-state index contributed by atoms with van der Waals surface area (Å²) in [4.78, 5) is 5.67. The molecule has 0 aliphatic heterocycles. The number of guanidine groups is 1. The molecule has 25 heavy (non-hydrogen) atoms. The Hall–Kier alpha value is -1.19. The number of rotatable bonds is 6. The number of halogens is 2. The molecule has 1 aliphatic carbocycles. The minimum Gasteiger partial charge on any atom is -0.386 e. The highest BCUT2D eigenvalue weighted by atomic mass is 127. The summed E-state index contributed by atoms with van der Waals surface area (Å²) >= 11 is 1.69. The van der Waals surface area contributed by atoms with E-state index in [1.807, 2.05) is 11.4 Å². The molecule has 3 N–H and O–H groups in total. The third kappa shape index (κ3) is 5.93. The predicted molar refractivity (Wildman–Crippen MR) is 111 cm³/mol. The Morgan fingerprint density at radius 3 is 2.72 bits per heavy atom. The lowest BCUT2D eigenvalue weighted by Gasteiger charge is -2.18. The summed E-state index contributed by atoms with van der Waals surface area (Å²) in [6.07, 6.45) is 1.30. The van der Waals surface area contributed by atoms with E-state index in [1.54, 1.807) is 29.5 Å². The Morgan fingerprint density at radius 1 is 1.32 bits per heavy atom. The molecule has 2 unspecified atom stereocenters. The van der Waals surface area contributed by atoms with Crippen LogP contribution in [-0.2, 0) is 0 Å². The van der Waals surface area contributed by atoms with Gasteiger partial charge in [-0.2, -0.15) is 0 Å². The van der Waals surface area contributed by atoms with Gasteiger partial charge < -0.3 is 15.7 Å². The molecule has 2 aromatic rings. The standard InChI is InChI=1S/C18H22FN3OS.HI/c1-12(17-7-4-10-24-17)21-18(22-13-8-9-13)20-11-16(23)14-5-2-3-6-15(14)19;/h2-7,10,12-13,16,23H,8-9,11H2,1H3,(H2,20,21,22);1H. The topological polar surface area (TPSA) is 56.7 Å². The summed E-state index contributed by atoms with van der Waals surface area (Å²) in [5.74, 6) is 0.255. The van der Waals surface area contributed by atoms with E-state index in [0.29, 0.717) is 12.0 Å². The Balaban J connectivity index is 0.00000225. The largest absolute Gasteiger partial charge is 0.386 e. The third-order valence-electron chi connectivity index (χ3n) is 3.93. The van der Waals surface area contributed by atoms with E-state index in [0.717, 1.165) is 12.8 Å². The number of thiophene rings is 1. The Kier molecular flexibility index (Phi) is 7.64. The summed E-state index contributed by atoms with van der Waals surface area (Å²) in [6.45, 7) is 2.18. The van der Waals surface area contributed by atoms with Crippen LogP contribution < -0.4 is 10.6 Å². The highest BCUT2D eigenvalue weighted by molar-refractivity contribution is 14.0. The lowest BCUT2D eigenvalue weighted by molar-refractivity contribution is 0.182. The van der Waals surface area contributed by atoms with Crippen molar-refractivity contribution in [2.75, 3.05) is 6.54 Å². The molecule has 4 nitrogen and oxygen atoms in total. The van der Waals surface area contributed by atoms with Crippen molar-refractivity contribution in [3.05, 3.63) is 58.0 Å². The highest BCUT2D eigenvalue weighted by Crippen LogP contribution is 2.21. The van der Waals surface area contributed by atoms with Crippen LogP contribution in [0.5, 0.6) is 0 Å². The van der Waals surface area contributed by atoms with Crippen molar-refractivity contribution in [1.82, 2.24) is 10.6 Å². The number of hydrogen-bond acceptors (Lipinski definition) is 3. The maximum absolute atomic E-state index is 13.7. The molecule has 0 spiro atoms. The number of nitrogens with one attached hydrogen (secondary N) is 2. The predicted octanol–water partition coefficient (Wildman–Crippen LogP) is 4.00. The molecule has 1 aliphatic rings. The first-order valence-corrected chi connectivity index (χ1v) is 9.05. The molecule has 3 rings (SSSR count). The van der Waals surface area contributed by atoms with E-state index in [1.165, 1.54) is 10.9 Å². The Bertz CT molecular complexity index is 691. The zero-order valence-electron chi connectivity index (χ0n) is 14.0. The molecule has 1 heterocycles. The number of aliphatic hydroxyl groups excluding tert-OH is 1. The lowest BCUT2D eigenvalue weighted by Crippen LogP contribution is -2.40. The highest BCUT2D eigenvalue weighted by Gasteiger charge is 2.23. The molecular weight excluding hydrogens is 452 g/mol. The molecular formula is C18H23FIN3OS. The average Bonchev–Trinajstić information content (AvgIpc) is 3.21. The van der Waals surface area contributed by atoms with Gasteiger partial charge in [-0.05, 0) is 37.3 Å². The molecule has 1 aromatic heterocycles. The van der Waals surface area contributed by atoms with Crippen molar-refractivity contribution in [1.29, 1.82) is 0 Å². The molecule has 0 amide bonds. The van der Waals surface area contributed by atoms with Gasteiger partial charge in [0.25, 0.3) is 0 Å². The molecule has 0 radical (unpaired) electrons. The van der Waals surface area contributed by atoms with Crippen molar-refractivity contribution in [3.63, 3.8) is 0 Å². The Labute approximate surface area is 168 Å². The first-order valence-electron chi connectivity index (χ1n) is 8.17. The third-order valence-corrected chi connectivity index (χ3v) is 4.98. The van der Waals surface area contributed by atoms with Gasteiger partial charge in [-0.3, -0.25) is 4.99 Å². The van der Waals surface area contributed by atoms with Gasteiger partial charge in [0, 0.05) is 16.5 Å². The van der Waals surface area contributed by atoms with Crippen LogP contribution in [0.3, 0.4) is 0 Å². The van der Waals surface area contributed by atoms with Crippen LogP contribution in [0.2, 0.25) is 0 Å². The van der Waals surface area contributed by atoms with Gasteiger partial charge in [-0.1, -0.05) is 24.3 Å². The fourth-order valence-electron chi connectivity index (χ4n) is 2.39. The maximum Gasteiger partial charge on any atom is 0.192 e. The van der Waals surface area contributed by atoms with Crippen LogP contribution in [0.1, 0.15) is 42.4 Å². The van der Waals surface area contributed by atoms with Crippen molar-refractivity contribution < 1.29 is 9.50 Å². The molecule has 0 bridgehead atoms. The summed E-state index contributed by atoms with van der Waals surface area (Å²) in [6, 6.07) is 10.9. The van der Waals surface area contributed by atoms with Crippen LogP contribution in [0.15, 0.2) is 46.8 Å². The van der Waals surface area contributed by atoms with Gasteiger partial charge in [-0.15, -0.1) is 35.3 Å². The van der Waals surface area contributed by atoms with Crippen molar-refractivity contribution in [2.45, 2.75) is 38.0 Å². The first-order chi connectivity index (χ1) is 11.6. The zero-order valence-corrected chi connectivity index (χ0v) is 17.1. The monoisotopic (exact) mass is 475 g/mol. The number of aliphatic hydroxyl groups is 1. The van der Waals surface area contributed by atoms with Gasteiger partial charge in [0.05, 0.1) is 12.6 Å². The smallest absolute Gasteiger partial charge is 0.192 e. The second-order valence-electron chi connectivity index (χ2n) is 6.03.